The predicted octanol–water partition coefficient (Wildman–Crippen LogP) is -0.821. The normalized spacial score (nSPS) is 12.6. The van der Waals surface area contributed by atoms with Crippen LogP contribution in [0.15, 0.2) is 24.3 Å². The number of quaternary nitrogens is 1. The van der Waals surface area contributed by atoms with Crippen molar-refractivity contribution in [2.24, 2.45) is 0 Å². The van der Waals surface area contributed by atoms with Crippen LogP contribution in [-0.4, -0.2) is 57.1 Å². The summed E-state index contributed by atoms with van der Waals surface area (Å²) in [5.41, 5.74) is 0.638. The van der Waals surface area contributed by atoms with Gasteiger partial charge in [-0.1, -0.05) is 6.07 Å². The largest absolute Gasteiger partial charge is 0.497 e. The summed E-state index contributed by atoms with van der Waals surface area (Å²) in [6.07, 6.45) is 0. The van der Waals surface area contributed by atoms with Gasteiger partial charge in [0.15, 0.2) is 13.1 Å². The molecule has 0 aromatic heterocycles. The lowest BCUT2D eigenvalue weighted by Gasteiger charge is -2.19. The maximum atomic E-state index is 12.2. The van der Waals surface area contributed by atoms with Gasteiger partial charge in [-0.15, -0.1) is 0 Å². The number of nitrogens with one attached hydrogen (secondary N) is 4. The fourth-order valence-corrected chi connectivity index (χ4v) is 2.36. The van der Waals surface area contributed by atoms with E-state index in [0.717, 1.165) is 4.90 Å². The highest BCUT2D eigenvalue weighted by atomic mass is 16.5. The van der Waals surface area contributed by atoms with E-state index in [-0.39, 0.29) is 30.8 Å². The molecule has 144 valence electrons. The SMILES string of the molecule is CCNC(=O)[C@H](C)NC(=O)C[NH+](CC)CC(=O)Nc1cccc(OC)c1. The number of carbonyl (C=O) groups excluding carboxylic acids is 3. The van der Waals surface area contributed by atoms with Crippen LogP contribution in [0.1, 0.15) is 20.8 Å². The first-order chi connectivity index (χ1) is 12.4. The standard InChI is InChI=1S/C18H28N4O4/c1-5-19-18(25)13(3)20-16(23)11-22(6-2)12-17(24)21-14-8-7-9-15(10-14)26-4/h7-10,13H,5-6,11-12H2,1-4H3,(H,19,25)(H,20,23)(H,21,24)/p+1/t13-/m0/s1. The van der Waals surface area contributed by atoms with E-state index in [1.165, 1.54) is 0 Å². The van der Waals surface area contributed by atoms with Crippen molar-refractivity contribution in [3.05, 3.63) is 24.3 Å². The van der Waals surface area contributed by atoms with Crippen molar-refractivity contribution in [2.75, 3.05) is 38.6 Å². The molecule has 0 aliphatic rings. The van der Waals surface area contributed by atoms with Crippen molar-refractivity contribution < 1.29 is 24.0 Å². The van der Waals surface area contributed by atoms with Gasteiger partial charge in [0, 0.05) is 18.3 Å². The third kappa shape index (κ3) is 7.52. The summed E-state index contributed by atoms with van der Waals surface area (Å²) in [5.74, 6) is -0.0367. The first kappa shape index (κ1) is 21.4. The molecule has 3 amide bonds. The monoisotopic (exact) mass is 365 g/mol. The van der Waals surface area contributed by atoms with Gasteiger partial charge < -0.3 is 25.6 Å². The molecule has 0 aliphatic carbocycles. The number of rotatable bonds is 10. The summed E-state index contributed by atoms with van der Waals surface area (Å²) in [7, 11) is 1.56. The Morgan fingerprint density at radius 2 is 1.85 bits per heavy atom. The zero-order valence-corrected chi connectivity index (χ0v) is 15.8. The van der Waals surface area contributed by atoms with E-state index in [9.17, 15) is 14.4 Å². The molecule has 0 radical (unpaired) electrons. The van der Waals surface area contributed by atoms with Crippen molar-refractivity contribution in [3.8, 4) is 5.75 Å². The fourth-order valence-electron chi connectivity index (χ4n) is 2.36. The minimum absolute atomic E-state index is 0.117. The van der Waals surface area contributed by atoms with Crippen LogP contribution in [0.3, 0.4) is 0 Å². The van der Waals surface area contributed by atoms with E-state index < -0.39 is 6.04 Å². The number of ether oxygens (including phenoxy) is 1. The van der Waals surface area contributed by atoms with Crippen LogP contribution >= 0.6 is 0 Å². The maximum Gasteiger partial charge on any atom is 0.279 e. The third-order valence-corrected chi connectivity index (χ3v) is 3.80. The first-order valence-corrected chi connectivity index (χ1v) is 8.74. The van der Waals surface area contributed by atoms with E-state index in [4.69, 9.17) is 4.74 Å². The molecule has 0 spiro atoms. The lowest BCUT2D eigenvalue weighted by molar-refractivity contribution is -0.881. The van der Waals surface area contributed by atoms with Crippen molar-refractivity contribution in [1.29, 1.82) is 0 Å². The van der Waals surface area contributed by atoms with Crippen molar-refractivity contribution >= 4 is 23.4 Å². The molecule has 0 fully saturated rings. The molecule has 26 heavy (non-hydrogen) atoms. The summed E-state index contributed by atoms with van der Waals surface area (Å²) in [4.78, 5) is 36.8. The topological polar surface area (TPSA) is 101 Å². The molecule has 4 N–H and O–H groups in total. The van der Waals surface area contributed by atoms with Crippen molar-refractivity contribution in [3.63, 3.8) is 0 Å². The van der Waals surface area contributed by atoms with Gasteiger partial charge in [-0.2, -0.15) is 0 Å². The Balaban J connectivity index is 2.51. The second-order valence-corrected chi connectivity index (χ2v) is 5.92. The zero-order valence-electron chi connectivity index (χ0n) is 15.8. The summed E-state index contributed by atoms with van der Waals surface area (Å²) >= 11 is 0. The van der Waals surface area contributed by atoms with Crippen molar-refractivity contribution in [2.45, 2.75) is 26.8 Å². The molecule has 2 atom stereocenters. The second-order valence-electron chi connectivity index (χ2n) is 5.92. The van der Waals surface area contributed by atoms with Gasteiger partial charge >= 0.3 is 0 Å². The number of amides is 3. The molecule has 8 nitrogen and oxygen atoms in total. The average Bonchev–Trinajstić information content (AvgIpc) is 2.61. The van der Waals surface area contributed by atoms with E-state index in [2.05, 4.69) is 16.0 Å². The number of hydrogen-bond acceptors (Lipinski definition) is 4. The van der Waals surface area contributed by atoms with Gasteiger partial charge in [-0.3, -0.25) is 14.4 Å². The van der Waals surface area contributed by atoms with Crippen LogP contribution in [0.4, 0.5) is 5.69 Å². The van der Waals surface area contributed by atoms with E-state index in [0.29, 0.717) is 24.5 Å². The van der Waals surface area contributed by atoms with E-state index >= 15 is 0 Å². The Labute approximate surface area is 154 Å². The Morgan fingerprint density at radius 1 is 1.15 bits per heavy atom. The van der Waals surface area contributed by atoms with Gasteiger partial charge in [0.25, 0.3) is 11.8 Å². The number of likely N-dealkylation sites (N-methyl/N-ethyl adjacent to an activating group) is 2. The van der Waals surface area contributed by atoms with Gasteiger partial charge in [0.2, 0.25) is 5.91 Å². The van der Waals surface area contributed by atoms with Crippen LogP contribution in [0, 0.1) is 0 Å². The van der Waals surface area contributed by atoms with Crippen LogP contribution in [-0.2, 0) is 14.4 Å². The molecule has 8 heteroatoms. The van der Waals surface area contributed by atoms with Crippen LogP contribution in [0.5, 0.6) is 5.75 Å². The van der Waals surface area contributed by atoms with Gasteiger partial charge in [0.1, 0.15) is 11.8 Å². The highest BCUT2D eigenvalue weighted by Gasteiger charge is 2.20. The summed E-state index contributed by atoms with van der Waals surface area (Å²) in [5, 5.41) is 8.09. The number of hydrogen-bond donors (Lipinski definition) is 4. The van der Waals surface area contributed by atoms with E-state index in [1.807, 2.05) is 13.8 Å². The fraction of sp³-hybridized carbons (Fsp3) is 0.500. The van der Waals surface area contributed by atoms with Crippen LogP contribution < -0.4 is 25.6 Å². The number of carbonyl (C=O) groups is 3. The average molecular weight is 365 g/mol. The maximum absolute atomic E-state index is 12.2. The van der Waals surface area contributed by atoms with Crippen LogP contribution in [0.25, 0.3) is 0 Å². The number of methoxy groups -OCH3 is 1. The van der Waals surface area contributed by atoms with Gasteiger partial charge in [-0.25, -0.2) is 0 Å². The van der Waals surface area contributed by atoms with Gasteiger partial charge in [-0.05, 0) is 32.9 Å². The lowest BCUT2D eigenvalue weighted by Crippen LogP contribution is -3.14. The molecule has 0 saturated carbocycles. The second kappa shape index (κ2) is 11.1. The summed E-state index contributed by atoms with van der Waals surface area (Å²) < 4.78 is 5.12. The number of anilines is 1. The molecule has 0 aliphatic heterocycles. The molecule has 0 heterocycles. The Hall–Kier alpha value is -2.61. The minimum Gasteiger partial charge on any atom is -0.497 e. The quantitative estimate of drug-likeness (QED) is 0.435. The lowest BCUT2D eigenvalue weighted by atomic mass is 10.3. The molecule has 0 saturated heterocycles. The number of benzene rings is 1. The highest BCUT2D eigenvalue weighted by molar-refractivity contribution is 5.92. The summed E-state index contributed by atoms with van der Waals surface area (Å²) in [6, 6.07) is 6.47. The molecule has 1 rings (SSSR count). The third-order valence-electron chi connectivity index (χ3n) is 3.80. The van der Waals surface area contributed by atoms with Crippen molar-refractivity contribution in [1.82, 2.24) is 10.6 Å². The minimum atomic E-state index is -0.605. The smallest absolute Gasteiger partial charge is 0.279 e. The Morgan fingerprint density at radius 3 is 2.46 bits per heavy atom. The molecule has 1 unspecified atom stereocenters. The Bertz CT molecular complexity index is 621. The summed E-state index contributed by atoms with van der Waals surface area (Å²) in [6.45, 7) is 6.72. The molecule has 1 aromatic carbocycles. The molecular weight excluding hydrogens is 336 g/mol. The first-order valence-electron chi connectivity index (χ1n) is 8.74. The molecule has 0 bridgehead atoms. The van der Waals surface area contributed by atoms with Gasteiger partial charge in [0.05, 0.1) is 13.7 Å². The molecule has 1 aromatic rings. The highest BCUT2D eigenvalue weighted by Crippen LogP contribution is 2.16. The molecular formula is C18H29N4O4+. The predicted molar refractivity (Wildman–Crippen MR) is 99.1 cm³/mol. The zero-order chi connectivity index (χ0) is 19.5. The van der Waals surface area contributed by atoms with Crippen LogP contribution in [0.2, 0.25) is 0 Å². The van der Waals surface area contributed by atoms with E-state index in [1.54, 1.807) is 38.3 Å². The Kier molecular flexibility index (Phi) is 9.14.